The van der Waals surface area contributed by atoms with Crippen LogP contribution in [0.3, 0.4) is 0 Å². The molecule has 0 aliphatic rings. The van der Waals surface area contributed by atoms with Crippen molar-refractivity contribution in [2.24, 2.45) is 5.41 Å². The molecule has 118 valence electrons. The van der Waals surface area contributed by atoms with Crippen molar-refractivity contribution < 1.29 is 9.53 Å². The number of hydrogen-bond acceptors (Lipinski definition) is 4. The van der Waals surface area contributed by atoms with Crippen LogP contribution < -0.4 is 5.32 Å². The Kier molecular flexibility index (Phi) is 7.20. The SMILES string of the molecule is CCCCCC(C)(C)CNc1ccc(C(=O)OCC)cn1. The number of carbonyl (C=O) groups excluding carboxylic acids is 1. The Morgan fingerprint density at radius 3 is 2.62 bits per heavy atom. The number of carbonyl (C=O) groups is 1. The van der Waals surface area contributed by atoms with Crippen LogP contribution in [0.2, 0.25) is 0 Å². The molecule has 0 unspecified atom stereocenters. The van der Waals surface area contributed by atoms with Gasteiger partial charge in [-0.05, 0) is 30.9 Å². The molecule has 0 fully saturated rings. The number of nitrogens with one attached hydrogen (secondary N) is 1. The average Bonchev–Trinajstić information content (AvgIpc) is 2.46. The molecule has 21 heavy (non-hydrogen) atoms. The summed E-state index contributed by atoms with van der Waals surface area (Å²) < 4.78 is 4.94. The van der Waals surface area contributed by atoms with E-state index < -0.39 is 0 Å². The van der Waals surface area contributed by atoms with Crippen LogP contribution >= 0.6 is 0 Å². The summed E-state index contributed by atoms with van der Waals surface area (Å²) in [5.41, 5.74) is 0.737. The molecular formula is C17H28N2O2. The van der Waals surface area contributed by atoms with Crippen molar-refractivity contribution >= 4 is 11.8 Å². The summed E-state index contributed by atoms with van der Waals surface area (Å²) in [6.45, 7) is 9.81. The minimum Gasteiger partial charge on any atom is -0.462 e. The Bertz CT molecular complexity index is 427. The van der Waals surface area contributed by atoms with Gasteiger partial charge in [0, 0.05) is 12.7 Å². The number of aromatic nitrogens is 1. The maximum atomic E-state index is 11.5. The molecule has 0 aliphatic heterocycles. The monoisotopic (exact) mass is 292 g/mol. The van der Waals surface area contributed by atoms with E-state index in [0.717, 1.165) is 12.4 Å². The number of anilines is 1. The fourth-order valence-electron chi connectivity index (χ4n) is 2.11. The fourth-order valence-corrected chi connectivity index (χ4v) is 2.11. The van der Waals surface area contributed by atoms with Crippen LogP contribution in [0.25, 0.3) is 0 Å². The number of unbranched alkanes of at least 4 members (excludes halogenated alkanes) is 2. The number of nitrogens with zero attached hydrogens (tertiary/aromatic N) is 1. The molecule has 0 radical (unpaired) electrons. The summed E-state index contributed by atoms with van der Waals surface area (Å²) in [4.78, 5) is 15.8. The van der Waals surface area contributed by atoms with Crippen molar-refractivity contribution in [2.45, 2.75) is 53.4 Å². The van der Waals surface area contributed by atoms with Crippen LogP contribution in [-0.4, -0.2) is 24.1 Å². The second-order valence-electron chi connectivity index (χ2n) is 6.13. The van der Waals surface area contributed by atoms with Gasteiger partial charge in [-0.1, -0.05) is 40.0 Å². The second kappa shape index (κ2) is 8.65. The van der Waals surface area contributed by atoms with Gasteiger partial charge >= 0.3 is 5.97 Å². The molecule has 0 spiro atoms. The fraction of sp³-hybridized carbons (Fsp3) is 0.647. The first-order chi connectivity index (χ1) is 9.98. The number of esters is 1. The number of pyridine rings is 1. The highest BCUT2D eigenvalue weighted by molar-refractivity contribution is 5.89. The summed E-state index contributed by atoms with van der Waals surface area (Å²) in [5, 5.41) is 3.35. The highest BCUT2D eigenvalue weighted by atomic mass is 16.5. The van der Waals surface area contributed by atoms with Crippen LogP contribution in [0.4, 0.5) is 5.82 Å². The first-order valence-electron chi connectivity index (χ1n) is 7.85. The van der Waals surface area contributed by atoms with E-state index in [-0.39, 0.29) is 11.4 Å². The maximum absolute atomic E-state index is 11.5. The van der Waals surface area contributed by atoms with E-state index in [2.05, 4.69) is 31.1 Å². The molecule has 1 aromatic heterocycles. The molecule has 1 N–H and O–H groups in total. The normalized spacial score (nSPS) is 11.2. The van der Waals surface area contributed by atoms with E-state index in [9.17, 15) is 4.79 Å². The van der Waals surface area contributed by atoms with E-state index in [1.807, 2.05) is 6.07 Å². The van der Waals surface area contributed by atoms with Crippen LogP contribution in [0.15, 0.2) is 18.3 Å². The first-order valence-corrected chi connectivity index (χ1v) is 7.85. The summed E-state index contributed by atoms with van der Waals surface area (Å²) in [6, 6.07) is 3.58. The molecule has 1 rings (SSSR count). The Hall–Kier alpha value is -1.58. The van der Waals surface area contributed by atoms with Gasteiger partial charge in [-0.3, -0.25) is 0 Å². The van der Waals surface area contributed by atoms with Gasteiger partial charge in [0.25, 0.3) is 0 Å². The van der Waals surface area contributed by atoms with Crippen molar-refractivity contribution in [1.82, 2.24) is 4.98 Å². The summed E-state index contributed by atoms with van der Waals surface area (Å²) in [7, 11) is 0. The molecule has 1 heterocycles. The van der Waals surface area contributed by atoms with Gasteiger partial charge in [-0.2, -0.15) is 0 Å². The minimum absolute atomic E-state index is 0.247. The van der Waals surface area contributed by atoms with E-state index in [1.54, 1.807) is 19.2 Å². The Morgan fingerprint density at radius 2 is 2.05 bits per heavy atom. The van der Waals surface area contributed by atoms with E-state index in [4.69, 9.17) is 4.74 Å². The Balaban J connectivity index is 2.46. The highest BCUT2D eigenvalue weighted by Crippen LogP contribution is 2.24. The van der Waals surface area contributed by atoms with Crippen LogP contribution in [-0.2, 0) is 4.74 Å². The lowest BCUT2D eigenvalue weighted by molar-refractivity contribution is 0.0526. The van der Waals surface area contributed by atoms with Crippen molar-refractivity contribution in [2.75, 3.05) is 18.5 Å². The predicted octanol–water partition coefficient (Wildman–Crippen LogP) is 4.28. The maximum Gasteiger partial charge on any atom is 0.339 e. The van der Waals surface area contributed by atoms with Crippen molar-refractivity contribution in [3.8, 4) is 0 Å². The Morgan fingerprint density at radius 1 is 1.29 bits per heavy atom. The third kappa shape index (κ3) is 6.61. The van der Waals surface area contributed by atoms with Gasteiger partial charge in [0.05, 0.1) is 12.2 Å². The lowest BCUT2D eigenvalue weighted by atomic mass is 9.87. The van der Waals surface area contributed by atoms with Gasteiger partial charge in [0.1, 0.15) is 5.82 Å². The average molecular weight is 292 g/mol. The minimum atomic E-state index is -0.323. The molecule has 4 heteroatoms. The van der Waals surface area contributed by atoms with Gasteiger partial charge < -0.3 is 10.1 Å². The molecule has 0 aromatic carbocycles. The molecule has 0 saturated carbocycles. The van der Waals surface area contributed by atoms with Crippen molar-refractivity contribution in [3.05, 3.63) is 23.9 Å². The highest BCUT2D eigenvalue weighted by Gasteiger charge is 2.17. The first kappa shape index (κ1) is 17.5. The molecule has 4 nitrogen and oxygen atoms in total. The van der Waals surface area contributed by atoms with Gasteiger partial charge in [0.15, 0.2) is 0 Å². The van der Waals surface area contributed by atoms with E-state index in [1.165, 1.54) is 25.7 Å². The smallest absolute Gasteiger partial charge is 0.339 e. The standard InChI is InChI=1S/C17H28N2O2/c1-5-7-8-11-17(3,4)13-19-15-10-9-14(12-18-15)16(20)21-6-2/h9-10,12H,5-8,11,13H2,1-4H3,(H,18,19). The summed E-state index contributed by atoms with van der Waals surface area (Å²) >= 11 is 0. The zero-order valence-electron chi connectivity index (χ0n) is 13.7. The zero-order chi connectivity index (χ0) is 15.7. The van der Waals surface area contributed by atoms with Crippen LogP contribution in [0, 0.1) is 5.41 Å². The number of rotatable bonds is 9. The quantitative estimate of drug-likeness (QED) is 0.545. The van der Waals surface area contributed by atoms with Crippen molar-refractivity contribution in [3.63, 3.8) is 0 Å². The number of ether oxygens (including phenoxy) is 1. The third-order valence-corrected chi connectivity index (χ3v) is 3.48. The molecule has 0 aliphatic carbocycles. The third-order valence-electron chi connectivity index (χ3n) is 3.48. The topological polar surface area (TPSA) is 51.2 Å². The molecular weight excluding hydrogens is 264 g/mol. The van der Waals surface area contributed by atoms with Crippen LogP contribution in [0.1, 0.15) is 63.7 Å². The molecule has 0 saturated heterocycles. The largest absolute Gasteiger partial charge is 0.462 e. The predicted molar refractivity (Wildman–Crippen MR) is 86.6 cm³/mol. The lowest BCUT2D eigenvalue weighted by Crippen LogP contribution is -2.23. The van der Waals surface area contributed by atoms with Crippen LogP contribution in [0.5, 0.6) is 0 Å². The summed E-state index contributed by atoms with van der Waals surface area (Å²) in [6.07, 6.45) is 6.57. The lowest BCUT2D eigenvalue weighted by Gasteiger charge is -2.25. The summed E-state index contributed by atoms with van der Waals surface area (Å²) in [5.74, 6) is 0.475. The van der Waals surface area contributed by atoms with Gasteiger partial charge in [0.2, 0.25) is 0 Å². The Labute approximate surface area is 128 Å². The molecule has 0 atom stereocenters. The molecule has 0 bridgehead atoms. The zero-order valence-corrected chi connectivity index (χ0v) is 13.7. The van der Waals surface area contributed by atoms with E-state index in [0.29, 0.717) is 12.2 Å². The van der Waals surface area contributed by atoms with Crippen molar-refractivity contribution in [1.29, 1.82) is 0 Å². The van der Waals surface area contributed by atoms with E-state index >= 15 is 0 Å². The molecule has 0 amide bonds. The van der Waals surface area contributed by atoms with Gasteiger partial charge in [-0.25, -0.2) is 9.78 Å². The molecule has 1 aromatic rings. The second-order valence-corrected chi connectivity index (χ2v) is 6.13. The van der Waals surface area contributed by atoms with Gasteiger partial charge in [-0.15, -0.1) is 0 Å². The number of hydrogen-bond donors (Lipinski definition) is 1.